The number of carbonyl (C=O) groups excluding carboxylic acids is 1. The normalized spacial score (nSPS) is 10.7. The molecule has 0 atom stereocenters. The fourth-order valence-electron chi connectivity index (χ4n) is 3.27. The van der Waals surface area contributed by atoms with Crippen molar-refractivity contribution in [2.24, 2.45) is 0 Å². The lowest BCUT2D eigenvalue weighted by atomic mass is 10.1. The molecule has 4 rings (SSSR count). The van der Waals surface area contributed by atoms with Gasteiger partial charge in [0.15, 0.2) is 0 Å². The van der Waals surface area contributed by atoms with E-state index < -0.39 is 28.5 Å². The molecule has 0 fully saturated rings. The first-order valence-corrected chi connectivity index (χ1v) is 9.38. The molecule has 0 saturated carbocycles. The highest BCUT2D eigenvalue weighted by molar-refractivity contribution is 6.05. The molecule has 0 spiro atoms. The summed E-state index contributed by atoms with van der Waals surface area (Å²) >= 11 is 0. The van der Waals surface area contributed by atoms with Crippen molar-refractivity contribution in [3.05, 3.63) is 110 Å². The zero-order chi connectivity index (χ0) is 22.8. The zero-order valence-corrected chi connectivity index (χ0v) is 16.4. The van der Waals surface area contributed by atoms with Gasteiger partial charge in [-0.05, 0) is 42.5 Å². The van der Waals surface area contributed by atoms with E-state index in [1.165, 1.54) is 53.2 Å². The van der Waals surface area contributed by atoms with Gasteiger partial charge in [-0.1, -0.05) is 6.07 Å². The summed E-state index contributed by atoms with van der Waals surface area (Å²) in [6.07, 6.45) is 1.19. The topological polar surface area (TPSA) is 108 Å². The summed E-state index contributed by atoms with van der Waals surface area (Å²) in [6.45, 7) is -0.321. The van der Waals surface area contributed by atoms with Gasteiger partial charge in [0.25, 0.3) is 5.91 Å². The molecule has 7 nitrogen and oxygen atoms in total. The van der Waals surface area contributed by atoms with Gasteiger partial charge < -0.3 is 14.9 Å². The Morgan fingerprint density at radius 1 is 1.03 bits per heavy atom. The van der Waals surface area contributed by atoms with Crippen LogP contribution in [0.2, 0.25) is 0 Å². The number of nitrogens with zero attached hydrogens (tertiary/aromatic N) is 2. The van der Waals surface area contributed by atoms with Gasteiger partial charge in [0, 0.05) is 23.5 Å². The third-order valence-electron chi connectivity index (χ3n) is 4.87. The Kier molecular flexibility index (Phi) is 5.35. The first kappa shape index (κ1) is 20.7. The Bertz CT molecular complexity index is 1500. The molecule has 9 heteroatoms. The second-order valence-electron chi connectivity index (χ2n) is 6.93. The van der Waals surface area contributed by atoms with Gasteiger partial charge in [-0.25, -0.2) is 8.78 Å². The van der Waals surface area contributed by atoms with Crippen molar-refractivity contribution < 1.29 is 13.6 Å². The van der Waals surface area contributed by atoms with Crippen LogP contribution in [0.15, 0.2) is 70.4 Å². The second kappa shape index (κ2) is 8.28. The average Bonchev–Trinajstić information content (AvgIpc) is 2.78. The van der Waals surface area contributed by atoms with Crippen LogP contribution in [0.5, 0.6) is 0 Å². The molecule has 0 aliphatic carbocycles. The number of aromatic amines is 1. The third-order valence-corrected chi connectivity index (χ3v) is 4.87. The van der Waals surface area contributed by atoms with Crippen molar-refractivity contribution in [1.29, 1.82) is 5.26 Å². The summed E-state index contributed by atoms with van der Waals surface area (Å²) in [7, 11) is 0. The maximum Gasteiger partial charge on any atom is 0.261 e. The lowest BCUT2D eigenvalue weighted by molar-refractivity contribution is 0.102. The molecule has 2 aromatic carbocycles. The molecular formula is C23H14F2N4O3. The van der Waals surface area contributed by atoms with Gasteiger partial charge in [-0.2, -0.15) is 5.26 Å². The SMILES string of the molecule is N#Cc1ccc(NC(=O)c2cn(Cc3c(F)cccc3F)c3ccc(=O)[nH]c3c2=O)cc1. The van der Waals surface area contributed by atoms with Crippen molar-refractivity contribution in [2.75, 3.05) is 5.32 Å². The number of fused-ring (bicyclic) bond motifs is 1. The van der Waals surface area contributed by atoms with Gasteiger partial charge in [-0.3, -0.25) is 14.4 Å². The van der Waals surface area contributed by atoms with Crippen LogP contribution in [0.3, 0.4) is 0 Å². The predicted octanol–water partition coefficient (Wildman–Crippen LogP) is 3.14. The predicted molar refractivity (Wildman–Crippen MR) is 113 cm³/mol. The summed E-state index contributed by atoms with van der Waals surface area (Å²) in [5.41, 5.74) is -1.14. The Morgan fingerprint density at radius 3 is 2.38 bits per heavy atom. The number of benzene rings is 2. The summed E-state index contributed by atoms with van der Waals surface area (Å²) in [5.74, 6) is -2.36. The number of halogens is 2. The van der Waals surface area contributed by atoms with Crippen LogP contribution in [0.25, 0.3) is 11.0 Å². The number of hydrogen-bond donors (Lipinski definition) is 2. The van der Waals surface area contributed by atoms with E-state index in [4.69, 9.17) is 5.26 Å². The first-order chi connectivity index (χ1) is 15.4. The van der Waals surface area contributed by atoms with Crippen molar-refractivity contribution in [3.63, 3.8) is 0 Å². The van der Waals surface area contributed by atoms with Crippen molar-refractivity contribution in [1.82, 2.24) is 9.55 Å². The third kappa shape index (κ3) is 3.89. The molecule has 2 heterocycles. The Labute approximate surface area is 179 Å². The van der Waals surface area contributed by atoms with E-state index in [9.17, 15) is 23.2 Å². The van der Waals surface area contributed by atoms with Gasteiger partial charge in [-0.15, -0.1) is 0 Å². The lowest BCUT2D eigenvalue weighted by Gasteiger charge is -2.14. The first-order valence-electron chi connectivity index (χ1n) is 9.38. The Balaban J connectivity index is 1.83. The average molecular weight is 432 g/mol. The zero-order valence-electron chi connectivity index (χ0n) is 16.4. The number of anilines is 1. The molecule has 2 N–H and O–H groups in total. The molecule has 158 valence electrons. The summed E-state index contributed by atoms with van der Waals surface area (Å²) in [4.78, 5) is 39.9. The number of aromatic nitrogens is 2. The number of nitrogens with one attached hydrogen (secondary N) is 2. The second-order valence-corrected chi connectivity index (χ2v) is 6.93. The van der Waals surface area contributed by atoms with Crippen molar-refractivity contribution in [3.8, 4) is 6.07 Å². The van der Waals surface area contributed by atoms with E-state index in [1.807, 2.05) is 6.07 Å². The van der Waals surface area contributed by atoms with Crippen LogP contribution in [0, 0.1) is 23.0 Å². The standard InChI is InChI=1S/C23H14F2N4O3/c24-17-2-1-3-18(25)15(17)11-29-12-16(22(31)21-19(29)8-9-20(30)28-21)23(32)27-14-6-4-13(10-26)5-7-14/h1-9,12H,11H2,(H,27,32)(H,28,30). The number of carbonyl (C=O) groups is 1. The van der Waals surface area contributed by atoms with E-state index in [2.05, 4.69) is 10.3 Å². The fourth-order valence-corrected chi connectivity index (χ4v) is 3.27. The highest BCUT2D eigenvalue weighted by Gasteiger charge is 2.18. The van der Waals surface area contributed by atoms with Crippen molar-refractivity contribution in [2.45, 2.75) is 6.54 Å². The molecule has 1 amide bonds. The molecular weight excluding hydrogens is 418 g/mol. The molecule has 0 aliphatic rings. The van der Waals surface area contributed by atoms with Crippen LogP contribution in [-0.4, -0.2) is 15.5 Å². The molecule has 32 heavy (non-hydrogen) atoms. The number of rotatable bonds is 4. The summed E-state index contributed by atoms with van der Waals surface area (Å²) in [6, 6.07) is 13.9. The molecule has 0 bridgehead atoms. The monoisotopic (exact) mass is 432 g/mol. The highest BCUT2D eigenvalue weighted by atomic mass is 19.1. The Morgan fingerprint density at radius 2 is 1.72 bits per heavy atom. The van der Waals surface area contributed by atoms with Gasteiger partial charge >= 0.3 is 0 Å². The number of pyridine rings is 2. The molecule has 0 unspecified atom stereocenters. The van der Waals surface area contributed by atoms with Gasteiger partial charge in [0.05, 0.1) is 23.7 Å². The smallest absolute Gasteiger partial charge is 0.261 e. The summed E-state index contributed by atoms with van der Waals surface area (Å²) < 4.78 is 29.7. The summed E-state index contributed by atoms with van der Waals surface area (Å²) in [5, 5.41) is 11.4. The maximum absolute atomic E-state index is 14.2. The van der Waals surface area contributed by atoms with Crippen LogP contribution in [0.1, 0.15) is 21.5 Å². The quantitative estimate of drug-likeness (QED) is 0.517. The largest absolute Gasteiger partial charge is 0.341 e. The molecule has 2 aromatic heterocycles. The van der Waals surface area contributed by atoms with Gasteiger partial charge in [0.2, 0.25) is 11.0 Å². The molecule has 4 aromatic rings. The van der Waals surface area contributed by atoms with E-state index in [0.717, 1.165) is 12.1 Å². The molecule has 0 saturated heterocycles. The highest BCUT2D eigenvalue weighted by Crippen LogP contribution is 2.18. The van der Waals surface area contributed by atoms with E-state index >= 15 is 0 Å². The van der Waals surface area contributed by atoms with Crippen LogP contribution >= 0.6 is 0 Å². The fraction of sp³-hybridized carbons (Fsp3) is 0.0435. The minimum Gasteiger partial charge on any atom is -0.341 e. The lowest BCUT2D eigenvalue weighted by Crippen LogP contribution is -2.26. The van der Waals surface area contributed by atoms with E-state index in [1.54, 1.807) is 0 Å². The molecule has 0 radical (unpaired) electrons. The van der Waals surface area contributed by atoms with Crippen LogP contribution in [-0.2, 0) is 6.54 Å². The number of hydrogen-bond acceptors (Lipinski definition) is 4. The Hall–Kier alpha value is -4.58. The maximum atomic E-state index is 14.2. The van der Waals surface area contributed by atoms with Crippen LogP contribution < -0.4 is 16.3 Å². The minimum atomic E-state index is -0.787. The van der Waals surface area contributed by atoms with E-state index in [-0.39, 0.29) is 28.7 Å². The number of amides is 1. The van der Waals surface area contributed by atoms with Gasteiger partial charge in [0.1, 0.15) is 22.7 Å². The van der Waals surface area contributed by atoms with Crippen LogP contribution in [0.4, 0.5) is 14.5 Å². The number of nitriles is 1. The number of H-pyrrole nitrogens is 1. The minimum absolute atomic E-state index is 0.165. The van der Waals surface area contributed by atoms with Crippen molar-refractivity contribution >= 4 is 22.6 Å². The van der Waals surface area contributed by atoms with E-state index in [0.29, 0.717) is 11.3 Å². The molecule has 0 aliphatic heterocycles.